The molecule has 0 unspecified atom stereocenters. The first-order chi connectivity index (χ1) is 8.42. The van der Waals surface area contributed by atoms with Crippen LogP contribution in [0.4, 0.5) is 5.69 Å². The monoisotopic (exact) mass is 263 g/mol. The molecular formula is C16H22ClN. The van der Waals surface area contributed by atoms with Crippen LogP contribution in [0.15, 0.2) is 18.2 Å². The van der Waals surface area contributed by atoms with E-state index in [1.165, 1.54) is 43.5 Å². The topological polar surface area (TPSA) is 3.24 Å². The molecule has 3 rings (SSSR count). The van der Waals surface area contributed by atoms with Gasteiger partial charge in [0.25, 0.3) is 0 Å². The molecule has 0 amide bonds. The standard InChI is InChI=1S/C16H22ClN/c1-15(2,3)18-11-16(8-4-5-9-16)13-10-12(17)6-7-14(13)18/h6-7,10H,4-5,8-9,11H2,1-3H3. The molecular weight excluding hydrogens is 242 g/mol. The first kappa shape index (κ1) is 12.3. The van der Waals surface area contributed by atoms with Gasteiger partial charge in [0.15, 0.2) is 0 Å². The summed E-state index contributed by atoms with van der Waals surface area (Å²) in [6.45, 7) is 8.09. The van der Waals surface area contributed by atoms with Crippen LogP contribution >= 0.6 is 11.6 Å². The number of anilines is 1. The Morgan fingerprint density at radius 1 is 1.17 bits per heavy atom. The highest BCUT2D eigenvalue weighted by Crippen LogP contribution is 2.52. The molecule has 1 spiro atoms. The van der Waals surface area contributed by atoms with Gasteiger partial charge in [-0.3, -0.25) is 0 Å². The van der Waals surface area contributed by atoms with Crippen molar-refractivity contribution in [2.75, 3.05) is 11.4 Å². The quantitative estimate of drug-likeness (QED) is 0.652. The molecule has 1 saturated carbocycles. The minimum absolute atomic E-state index is 0.189. The number of hydrogen-bond donors (Lipinski definition) is 0. The van der Waals surface area contributed by atoms with Crippen molar-refractivity contribution >= 4 is 17.3 Å². The molecule has 1 aromatic rings. The van der Waals surface area contributed by atoms with Gasteiger partial charge in [-0.05, 0) is 57.4 Å². The molecule has 0 radical (unpaired) electrons. The zero-order valence-corrected chi connectivity index (χ0v) is 12.3. The molecule has 1 nitrogen and oxygen atoms in total. The van der Waals surface area contributed by atoms with E-state index in [9.17, 15) is 0 Å². The largest absolute Gasteiger partial charge is 0.366 e. The summed E-state index contributed by atoms with van der Waals surface area (Å²) >= 11 is 6.23. The SMILES string of the molecule is CC(C)(C)N1CC2(CCCC2)c2cc(Cl)ccc21. The van der Waals surface area contributed by atoms with Gasteiger partial charge in [0.05, 0.1) is 0 Å². The Balaban J connectivity index is 2.13. The fourth-order valence-electron chi connectivity index (χ4n) is 3.72. The van der Waals surface area contributed by atoms with Crippen LogP contribution < -0.4 is 4.90 Å². The molecule has 1 aliphatic heterocycles. The Hall–Kier alpha value is -0.690. The summed E-state index contributed by atoms with van der Waals surface area (Å²) < 4.78 is 0. The first-order valence-electron chi connectivity index (χ1n) is 7.00. The number of fused-ring (bicyclic) bond motifs is 2. The molecule has 2 heteroatoms. The molecule has 0 saturated heterocycles. The third kappa shape index (κ3) is 1.75. The van der Waals surface area contributed by atoms with Crippen LogP contribution in [0.2, 0.25) is 5.02 Å². The van der Waals surface area contributed by atoms with Gasteiger partial charge < -0.3 is 4.90 Å². The fourth-order valence-corrected chi connectivity index (χ4v) is 3.89. The van der Waals surface area contributed by atoms with E-state index in [1.54, 1.807) is 0 Å². The smallest absolute Gasteiger partial charge is 0.0410 e. The average Bonchev–Trinajstić information content (AvgIpc) is 2.86. The van der Waals surface area contributed by atoms with Gasteiger partial charge in [-0.25, -0.2) is 0 Å². The molecule has 1 aliphatic carbocycles. The lowest BCUT2D eigenvalue weighted by atomic mass is 9.81. The van der Waals surface area contributed by atoms with Crippen LogP contribution in [0, 0.1) is 0 Å². The highest BCUT2D eigenvalue weighted by molar-refractivity contribution is 6.30. The van der Waals surface area contributed by atoms with Gasteiger partial charge in [-0.1, -0.05) is 24.4 Å². The summed E-state index contributed by atoms with van der Waals surface area (Å²) in [5, 5.41) is 0.885. The van der Waals surface area contributed by atoms with E-state index in [0.29, 0.717) is 5.41 Å². The third-order valence-corrected chi connectivity index (χ3v) is 4.89. The Morgan fingerprint density at radius 2 is 1.83 bits per heavy atom. The Bertz CT molecular complexity index is 466. The average molecular weight is 264 g/mol. The van der Waals surface area contributed by atoms with Gasteiger partial charge in [-0.15, -0.1) is 0 Å². The summed E-state index contributed by atoms with van der Waals surface area (Å²) in [6, 6.07) is 6.47. The van der Waals surface area contributed by atoms with Gasteiger partial charge in [0.1, 0.15) is 0 Å². The lowest BCUT2D eigenvalue weighted by Crippen LogP contribution is -2.43. The Kier molecular flexibility index (Phi) is 2.68. The van der Waals surface area contributed by atoms with Crippen LogP contribution in [0.1, 0.15) is 52.0 Å². The maximum Gasteiger partial charge on any atom is 0.0410 e. The molecule has 0 bridgehead atoms. The Labute approximate surface area is 115 Å². The van der Waals surface area contributed by atoms with E-state index < -0.39 is 0 Å². The maximum absolute atomic E-state index is 6.23. The van der Waals surface area contributed by atoms with Crippen molar-refractivity contribution in [3.63, 3.8) is 0 Å². The fraction of sp³-hybridized carbons (Fsp3) is 0.625. The van der Waals surface area contributed by atoms with E-state index in [1.807, 2.05) is 6.07 Å². The minimum atomic E-state index is 0.189. The zero-order chi connectivity index (χ0) is 13.0. The predicted octanol–water partition coefficient (Wildman–Crippen LogP) is 4.77. The molecule has 0 aromatic heterocycles. The molecule has 1 heterocycles. The number of benzene rings is 1. The van der Waals surface area contributed by atoms with E-state index in [-0.39, 0.29) is 5.54 Å². The summed E-state index contributed by atoms with van der Waals surface area (Å²) in [6.07, 6.45) is 5.38. The van der Waals surface area contributed by atoms with E-state index >= 15 is 0 Å². The number of hydrogen-bond acceptors (Lipinski definition) is 1. The normalized spacial score (nSPS) is 21.7. The predicted molar refractivity (Wildman–Crippen MR) is 78.7 cm³/mol. The van der Waals surface area contributed by atoms with Crippen molar-refractivity contribution in [3.05, 3.63) is 28.8 Å². The highest BCUT2D eigenvalue weighted by atomic mass is 35.5. The number of rotatable bonds is 0. The maximum atomic E-state index is 6.23. The van der Waals surface area contributed by atoms with Crippen LogP contribution in [-0.2, 0) is 5.41 Å². The number of halogens is 1. The molecule has 18 heavy (non-hydrogen) atoms. The van der Waals surface area contributed by atoms with Crippen molar-refractivity contribution in [2.45, 2.75) is 57.4 Å². The second-order valence-electron chi connectivity index (χ2n) is 6.91. The second-order valence-corrected chi connectivity index (χ2v) is 7.34. The van der Waals surface area contributed by atoms with Crippen LogP contribution in [0.5, 0.6) is 0 Å². The minimum Gasteiger partial charge on any atom is -0.366 e. The summed E-state index contributed by atoms with van der Waals surface area (Å²) in [5.41, 5.74) is 3.48. The van der Waals surface area contributed by atoms with Crippen molar-refractivity contribution in [1.82, 2.24) is 0 Å². The molecule has 1 aromatic carbocycles. The van der Waals surface area contributed by atoms with Crippen LogP contribution in [0.25, 0.3) is 0 Å². The highest BCUT2D eigenvalue weighted by Gasteiger charge is 2.46. The summed E-state index contributed by atoms with van der Waals surface area (Å²) in [7, 11) is 0. The van der Waals surface area contributed by atoms with Crippen LogP contribution in [0.3, 0.4) is 0 Å². The molecule has 0 N–H and O–H groups in total. The summed E-state index contributed by atoms with van der Waals surface area (Å²) in [5.74, 6) is 0. The van der Waals surface area contributed by atoms with Gasteiger partial charge in [-0.2, -0.15) is 0 Å². The molecule has 98 valence electrons. The van der Waals surface area contributed by atoms with Gasteiger partial charge in [0, 0.05) is 28.2 Å². The zero-order valence-electron chi connectivity index (χ0n) is 11.6. The van der Waals surface area contributed by atoms with Crippen molar-refractivity contribution in [3.8, 4) is 0 Å². The third-order valence-electron chi connectivity index (χ3n) is 4.65. The lowest BCUT2D eigenvalue weighted by Gasteiger charge is -2.36. The van der Waals surface area contributed by atoms with E-state index in [2.05, 4.69) is 37.8 Å². The first-order valence-corrected chi connectivity index (χ1v) is 7.38. The van der Waals surface area contributed by atoms with Crippen molar-refractivity contribution < 1.29 is 0 Å². The summed E-state index contributed by atoms with van der Waals surface area (Å²) in [4.78, 5) is 2.57. The van der Waals surface area contributed by atoms with E-state index in [0.717, 1.165) is 5.02 Å². The van der Waals surface area contributed by atoms with Crippen LogP contribution in [-0.4, -0.2) is 12.1 Å². The van der Waals surface area contributed by atoms with Crippen molar-refractivity contribution in [1.29, 1.82) is 0 Å². The molecule has 0 atom stereocenters. The van der Waals surface area contributed by atoms with Gasteiger partial charge in [0.2, 0.25) is 0 Å². The van der Waals surface area contributed by atoms with Crippen molar-refractivity contribution in [2.24, 2.45) is 0 Å². The van der Waals surface area contributed by atoms with Gasteiger partial charge >= 0.3 is 0 Å². The Morgan fingerprint density at radius 3 is 2.44 bits per heavy atom. The lowest BCUT2D eigenvalue weighted by molar-refractivity contribution is 0.418. The molecule has 2 aliphatic rings. The second kappa shape index (κ2) is 3.90. The number of nitrogens with zero attached hydrogens (tertiary/aromatic N) is 1. The van der Waals surface area contributed by atoms with E-state index in [4.69, 9.17) is 11.6 Å². The molecule has 1 fully saturated rings.